The van der Waals surface area contributed by atoms with Crippen LogP contribution in [0, 0.1) is 0 Å². The van der Waals surface area contributed by atoms with E-state index < -0.39 is 17.8 Å². The molecular formula is C17H15F3N2O3. The topological polar surface area (TPSA) is 55.6 Å². The molecule has 1 aliphatic rings. The van der Waals surface area contributed by atoms with E-state index in [1.807, 2.05) is 0 Å². The maximum Gasteiger partial charge on any atom is 0.416 e. The molecule has 2 aromatic rings. The molecule has 25 heavy (non-hydrogen) atoms. The van der Waals surface area contributed by atoms with Gasteiger partial charge in [0.15, 0.2) is 0 Å². The van der Waals surface area contributed by atoms with Gasteiger partial charge in [-0.2, -0.15) is 13.2 Å². The van der Waals surface area contributed by atoms with Crippen molar-refractivity contribution in [3.8, 4) is 5.88 Å². The predicted octanol–water partition coefficient (Wildman–Crippen LogP) is 3.39. The Morgan fingerprint density at radius 3 is 2.96 bits per heavy atom. The van der Waals surface area contributed by atoms with E-state index in [9.17, 15) is 18.0 Å². The van der Waals surface area contributed by atoms with Crippen LogP contribution in [0.15, 0.2) is 47.2 Å². The van der Waals surface area contributed by atoms with Gasteiger partial charge < -0.3 is 14.1 Å². The maximum absolute atomic E-state index is 12.7. The van der Waals surface area contributed by atoms with Crippen LogP contribution < -0.4 is 4.74 Å². The molecule has 0 radical (unpaired) electrons. The molecule has 1 fully saturated rings. The van der Waals surface area contributed by atoms with Gasteiger partial charge in [0.25, 0.3) is 0 Å². The van der Waals surface area contributed by atoms with Crippen molar-refractivity contribution in [3.63, 3.8) is 0 Å². The Bertz CT molecular complexity index is 757. The van der Waals surface area contributed by atoms with Gasteiger partial charge in [0.1, 0.15) is 11.9 Å². The molecule has 0 saturated carbocycles. The fourth-order valence-electron chi connectivity index (χ4n) is 2.49. The number of alkyl halides is 3. The first-order valence-electron chi connectivity index (χ1n) is 7.62. The van der Waals surface area contributed by atoms with Crippen molar-refractivity contribution < 1.29 is 27.1 Å². The summed E-state index contributed by atoms with van der Waals surface area (Å²) in [6, 6.07) is 5.18. The van der Waals surface area contributed by atoms with Crippen LogP contribution >= 0.6 is 0 Å². The molecule has 3 heterocycles. The van der Waals surface area contributed by atoms with Crippen molar-refractivity contribution in [2.24, 2.45) is 0 Å². The lowest BCUT2D eigenvalue weighted by molar-refractivity contribution is -0.137. The summed E-state index contributed by atoms with van der Waals surface area (Å²) in [6.45, 7) is 0.754. The molecular weight excluding hydrogens is 337 g/mol. The molecule has 1 aliphatic heterocycles. The summed E-state index contributed by atoms with van der Waals surface area (Å²) in [4.78, 5) is 17.5. The first-order valence-corrected chi connectivity index (χ1v) is 7.62. The van der Waals surface area contributed by atoms with Crippen LogP contribution in [0.4, 0.5) is 13.2 Å². The fraction of sp³-hybridized carbons (Fsp3) is 0.294. The number of ether oxygens (including phenoxy) is 1. The number of nitrogens with zero attached hydrogens (tertiary/aromatic N) is 2. The summed E-state index contributed by atoms with van der Waals surface area (Å²) >= 11 is 0. The van der Waals surface area contributed by atoms with Crippen LogP contribution in [0.3, 0.4) is 0 Å². The van der Waals surface area contributed by atoms with Crippen molar-refractivity contribution >= 4 is 12.0 Å². The molecule has 2 aromatic heterocycles. The molecule has 0 aliphatic carbocycles. The van der Waals surface area contributed by atoms with E-state index >= 15 is 0 Å². The highest BCUT2D eigenvalue weighted by atomic mass is 19.4. The van der Waals surface area contributed by atoms with E-state index in [4.69, 9.17) is 9.15 Å². The minimum absolute atomic E-state index is 0.0970. The maximum atomic E-state index is 12.7. The van der Waals surface area contributed by atoms with E-state index in [0.29, 0.717) is 25.3 Å². The fourth-order valence-corrected chi connectivity index (χ4v) is 2.49. The highest BCUT2D eigenvalue weighted by Gasteiger charge is 2.32. The quantitative estimate of drug-likeness (QED) is 0.792. The molecule has 0 unspecified atom stereocenters. The average molecular weight is 352 g/mol. The third-order valence-electron chi connectivity index (χ3n) is 3.74. The lowest BCUT2D eigenvalue weighted by atomic mass is 10.2. The first-order chi connectivity index (χ1) is 11.9. The minimum atomic E-state index is -4.45. The summed E-state index contributed by atoms with van der Waals surface area (Å²) in [5, 5.41) is 0. The van der Waals surface area contributed by atoms with Gasteiger partial charge in [-0.1, -0.05) is 0 Å². The van der Waals surface area contributed by atoms with Crippen molar-refractivity contribution in [2.45, 2.75) is 18.7 Å². The molecule has 1 amide bonds. The molecule has 5 nitrogen and oxygen atoms in total. The zero-order valence-corrected chi connectivity index (χ0v) is 13.1. The average Bonchev–Trinajstić information content (AvgIpc) is 3.24. The van der Waals surface area contributed by atoms with Crippen molar-refractivity contribution in [1.82, 2.24) is 9.88 Å². The van der Waals surface area contributed by atoms with Crippen molar-refractivity contribution in [3.05, 3.63) is 54.1 Å². The highest BCUT2D eigenvalue weighted by molar-refractivity contribution is 5.91. The molecule has 132 valence electrons. The van der Waals surface area contributed by atoms with Gasteiger partial charge in [-0.05, 0) is 24.3 Å². The standard InChI is InChI=1S/C17H15F3N2O3/c18-17(19,20)12-5-7-21-15(10-12)25-14-6-8-22(11-14)16(23)4-3-13-2-1-9-24-13/h1-5,7,9-10,14H,6,8,11H2/b4-3+/t14-/m0/s1. The number of hydrogen-bond acceptors (Lipinski definition) is 4. The number of amides is 1. The summed E-state index contributed by atoms with van der Waals surface area (Å²) in [5.41, 5.74) is -0.815. The molecule has 1 atom stereocenters. The van der Waals surface area contributed by atoms with Gasteiger partial charge in [-0.15, -0.1) is 0 Å². The third kappa shape index (κ3) is 4.40. The van der Waals surface area contributed by atoms with Gasteiger partial charge in [0.05, 0.1) is 18.4 Å². The van der Waals surface area contributed by atoms with E-state index in [1.54, 1.807) is 23.1 Å². The van der Waals surface area contributed by atoms with Gasteiger partial charge in [-0.3, -0.25) is 4.79 Å². The van der Waals surface area contributed by atoms with Crippen molar-refractivity contribution in [1.29, 1.82) is 0 Å². The number of carbonyl (C=O) groups excluding carboxylic acids is 1. The third-order valence-corrected chi connectivity index (χ3v) is 3.74. The summed E-state index contributed by atoms with van der Waals surface area (Å²) in [6.07, 6.45) is 1.20. The number of pyridine rings is 1. The Balaban J connectivity index is 1.57. The van der Waals surface area contributed by atoms with E-state index in [1.165, 1.54) is 12.3 Å². The molecule has 0 aromatic carbocycles. The van der Waals surface area contributed by atoms with Crippen LogP contribution in [0.2, 0.25) is 0 Å². The van der Waals surface area contributed by atoms with Crippen LogP contribution in [-0.2, 0) is 11.0 Å². The number of rotatable bonds is 4. The molecule has 8 heteroatoms. The van der Waals surface area contributed by atoms with Gasteiger partial charge in [0.2, 0.25) is 11.8 Å². The molecule has 0 N–H and O–H groups in total. The SMILES string of the molecule is O=C(/C=C/c1ccco1)N1CC[C@H](Oc2cc(C(F)(F)F)ccn2)C1. The summed E-state index contributed by atoms with van der Waals surface area (Å²) in [7, 11) is 0. The van der Waals surface area contributed by atoms with Crippen LogP contribution in [0.5, 0.6) is 5.88 Å². The normalized spacial score (nSPS) is 18.0. The van der Waals surface area contributed by atoms with Gasteiger partial charge >= 0.3 is 6.18 Å². The Morgan fingerprint density at radius 2 is 2.24 bits per heavy atom. The zero-order chi connectivity index (χ0) is 17.9. The number of hydrogen-bond donors (Lipinski definition) is 0. The van der Waals surface area contributed by atoms with Crippen LogP contribution in [0.25, 0.3) is 6.08 Å². The van der Waals surface area contributed by atoms with E-state index in [0.717, 1.165) is 18.3 Å². The number of carbonyl (C=O) groups is 1. The smallest absolute Gasteiger partial charge is 0.416 e. The van der Waals surface area contributed by atoms with Gasteiger partial charge in [-0.25, -0.2) is 4.98 Å². The lowest BCUT2D eigenvalue weighted by Crippen LogP contribution is -2.29. The zero-order valence-electron chi connectivity index (χ0n) is 13.1. The summed E-state index contributed by atoms with van der Waals surface area (Å²) in [5.74, 6) is 0.258. The number of halogens is 3. The van der Waals surface area contributed by atoms with E-state index in [2.05, 4.69) is 4.98 Å². The lowest BCUT2D eigenvalue weighted by Gasteiger charge is -2.16. The monoisotopic (exact) mass is 352 g/mol. The Hall–Kier alpha value is -2.77. The van der Waals surface area contributed by atoms with Crippen molar-refractivity contribution in [2.75, 3.05) is 13.1 Å². The highest BCUT2D eigenvalue weighted by Crippen LogP contribution is 2.31. The first kappa shape index (κ1) is 17.1. The second-order valence-corrected chi connectivity index (χ2v) is 5.54. The Kier molecular flexibility index (Phi) is 4.78. The van der Waals surface area contributed by atoms with E-state index in [-0.39, 0.29) is 11.8 Å². The summed E-state index contributed by atoms with van der Waals surface area (Å²) < 4.78 is 48.7. The number of furan rings is 1. The molecule has 3 rings (SSSR count). The minimum Gasteiger partial charge on any atom is -0.472 e. The molecule has 0 spiro atoms. The second-order valence-electron chi connectivity index (χ2n) is 5.54. The molecule has 1 saturated heterocycles. The van der Waals surface area contributed by atoms with Crippen LogP contribution in [-0.4, -0.2) is 35.0 Å². The Labute approximate surface area is 141 Å². The Morgan fingerprint density at radius 1 is 1.40 bits per heavy atom. The number of aromatic nitrogens is 1. The largest absolute Gasteiger partial charge is 0.472 e. The van der Waals surface area contributed by atoms with Gasteiger partial charge in [0, 0.05) is 31.3 Å². The molecule has 0 bridgehead atoms. The predicted molar refractivity (Wildman–Crippen MR) is 82.6 cm³/mol. The number of likely N-dealkylation sites (tertiary alicyclic amines) is 1. The second kappa shape index (κ2) is 7.00. The van der Waals surface area contributed by atoms with Crippen LogP contribution in [0.1, 0.15) is 17.7 Å².